The van der Waals surface area contributed by atoms with Crippen molar-refractivity contribution in [3.8, 4) is 0 Å². The number of thiazole rings is 1. The van der Waals surface area contributed by atoms with Gasteiger partial charge in [-0.05, 0) is 24.6 Å². The van der Waals surface area contributed by atoms with Gasteiger partial charge in [-0.15, -0.1) is 11.3 Å². The molecule has 5 heteroatoms. The van der Waals surface area contributed by atoms with Crippen LogP contribution < -0.4 is 0 Å². The van der Waals surface area contributed by atoms with E-state index in [1.54, 1.807) is 12.3 Å². The lowest BCUT2D eigenvalue weighted by Gasteiger charge is -2.02. The molecule has 0 aliphatic heterocycles. The number of hydrogen-bond donors (Lipinski definition) is 0. The van der Waals surface area contributed by atoms with Crippen molar-refractivity contribution in [2.45, 2.75) is 13.3 Å². The summed E-state index contributed by atoms with van der Waals surface area (Å²) in [6.45, 7) is 1.88. The molecule has 2 rings (SSSR count). The smallest absolute Gasteiger partial charge is 0.178 e. The van der Waals surface area contributed by atoms with Gasteiger partial charge in [0.15, 0.2) is 5.78 Å². The van der Waals surface area contributed by atoms with Crippen LogP contribution in [0, 0.1) is 6.92 Å². The Hall–Kier alpha value is -0.710. The number of aromatic nitrogens is 1. The van der Waals surface area contributed by atoms with E-state index in [-0.39, 0.29) is 5.78 Å². The van der Waals surface area contributed by atoms with Crippen molar-refractivity contribution in [1.29, 1.82) is 0 Å². The van der Waals surface area contributed by atoms with E-state index in [1.807, 2.05) is 19.1 Å². The van der Waals surface area contributed by atoms with Crippen LogP contribution in [0.15, 0.2) is 28.9 Å². The maximum atomic E-state index is 12.0. The second kappa shape index (κ2) is 5.29. The normalized spacial score (nSPS) is 10.5. The van der Waals surface area contributed by atoms with Crippen molar-refractivity contribution >= 4 is 44.7 Å². The van der Waals surface area contributed by atoms with Gasteiger partial charge >= 0.3 is 0 Å². The van der Waals surface area contributed by atoms with E-state index in [4.69, 9.17) is 11.6 Å². The van der Waals surface area contributed by atoms with Gasteiger partial charge in [0.1, 0.15) is 0 Å². The Morgan fingerprint density at radius 2 is 2.29 bits per heavy atom. The molecule has 1 heterocycles. The molecule has 1 aromatic heterocycles. The second-order valence-electron chi connectivity index (χ2n) is 3.58. The Kier molecular flexibility index (Phi) is 3.97. The Balaban J connectivity index is 2.18. The van der Waals surface area contributed by atoms with E-state index in [1.165, 1.54) is 11.3 Å². The predicted molar refractivity (Wildman–Crippen MR) is 74.0 cm³/mol. The third-order valence-electron chi connectivity index (χ3n) is 2.26. The molecule has 0 radical (unpaired) electrons. The molecule has 17 heavy (non-hydrogen) atoms. The highest BCUT2D eigenvalue weighted by molar-refractivity contribution is 9.10. The predicted octanol–water partition coefficient (Wildman–Crippen LogP) is 4.29. The van der Waals surface area contributed by atoms with E-state index in [0.717, 1.165) is 15.0 Å². The fourth-order valence-corrected chi connectivity index (χ4v) is 2.87. The van der Waals surface area contributed by atoms with Crippen molar-refractivity contribution in [2.24, 2.45) is 0 Å². The minimum atomic E-state index is 0.0554. The Bertz CT molecular complexity index is 567. The van der Waals surface area contributed by atoms with Gasteiger partial charge < -0.3 is 0 Å². The van der Waals surface area contributed by atoms with Crippen LogP contribution in [-0.2, 0) is 6.42 Å². The molecule has 0 bridgehead atoms. The third kappa shape index (κ3) is 3.15. The largest absolute Gasteiger partial charge is 0.293 e. The highest BCUT2D eigenvalue weighted by Gasteiger charge is 2.12. The van der Waals surface area contributed by atoms with Gasteiger partial charge in [-0.2, -0.15) is 0 Å². The fraction of sp³-hybridized carbons (Fsp3) is 0.167. The summed E-state index contributed by atoms with van der Waals surface area (Å²) < 4.78 is 0.910. The molecule has 1 aromatic carbocycles. The van der Waals surface area contributed by atoms with Crippen molar-refractivity contribution in [1.82, 2.24) is 4.98 Å². The summed E-state index contributed by atoms with van der Waals surface area (Å²) in [5.74, 6) is 0.0554. The number of ketones is 1. The number of carbonyl (C=O) groups excluding carboxylic acids is 1. The van der Waals surface area contributed by atoms with Gasteiger partial charge in [-0.3, -0.25) is 4.79 Å². The Morgan fingerprint density at radius 1 is 1.53 bits per heavy atom. The van der Waals surface area contributed by atoms with Crippen LogP contribution in [0.1, 0.15) is 20.2 Å². The summed E-state index contributed by atoms with van der Waals surface area (Å²) in [4.78, 5) is 16.7. The summed E-state index contributed by atoms with van der Waals surface area (Å²) in [7, 11) is 0. The Morgan fingerprint density at radius 3 is 2.88 bits per heavy atom. The Labute approximate surface area is 117 Å². The topological polar surface area (TPSA) is 30.0 Å². The van der Waals surface area contributed by atoms with Gasteiger partial charge in [0.2, 0.25) is 0 Å². The van der Waals surface area contributed by atoms with Crippen LogP contribution in [0.2, 0.25) is 5.02 Å². The lowest BCUT2D eigenvalue weighted by Crippen LogP contribution is -2.01. The lowest BCUT2D eigenvalue weighted by atomic mass is 10.1. The van der Waals surface area contributed by atoms with E-state index in [2.05, 4.69) is 20.9 Å². The number of nitrogens with zero attached hydrogens (tertiary/aromatic N) is 1. The first-order valence-corrected chi connectivity index (χ1v) is 6.94. The maximum absolute atomic E-state index is 12.0. The zero-order valence-corrected chi connectivity index (χ0v) is 12.2. The first kappa shape index (κ1) is 12.7. The molecule has 88 valence electrons. The van der Waals surface area contributed by atoms with Crippen LogP contribution >= 0.6 is 38.9 Å². The standard InChI is InChI=1S/C12H9BrClNOS/c1-7-15-6-12(17-7)11(16)4-8-2-3-9(13)5-10(8)14/h2-3,5-6H,4H2,1H3. The molecule has 0 spiro atoms. The van der Waals surface area contributed by atoms with E-state index >= 15 is 0 Å². The average molecular weight is 331 g/mol. The van der Waals surface area contributed by atoms with Crippen LogP contribution in [0.25, 0.3) is 0 Å². The van der Waals surface area contributed by atoms with Crippen LogP contribution in [0.5, 0.6) is 0 Å². The van der Waals surface area contributed by atoms with E-state index < -0.39 is 0 Å². The molecule has 0 saturated carbocycles. The highest BCUT2D eigenvalue weighted by atomic mass is 79.9. The molecule has 2 nitrogen and oxygen atoms in total. The highest BCUT2D eigenvalue weighted by Crippen LogP contribution is 2.23. The molecule has 0 saturated heterocycles. The van der Waals surface area contributed by atoms with Crippen molar-refractivity contribution < 1.29 is 4.79 Å². The summed E-state index contributed by atoms with van der Waals surface area (Å²) in [6, 6.07) is 5.53. The monoisotopic (exact) mass is 329 g/mol. The molecule has 0 unspecified atom stereocenters. The summed E-state index contributed by atoms with van der Waals surface area (Å²) in [6.07, 6.45) is 1.93. The molecule has 0 aliphatic rings. The number of rotatable bonds is 3. The maximum Gasteiger partial charge on any atom is 0.178 e. The number of halogens is 2. The molecule has 2 aromatic rings. The van der Waals surface area contributed by atoms with Crippen molar-refractivity contribution in [2.75, 3.05) is 0 Å². The van der Waals surface area contributed by atoms with Gasteiger partial charge in [0.05, 0.1) is 9.88 Å². The van der Waals surface area contributed by atoms with Crippen LogP contribution in [0.4, 0.5) is 0 Å². The minimum Gasteiger partial charge on any atom is -0.293 e. The number of carbonyl (C=O) groups is 1. The van der Waals surface area contributed by atoms with Gasteiger partial charge in [0, 0.05) is 22.1 Å². The molecule has 0 N–H and O–H groups in total. The third-order valence-corrected chi connectivity index (χ3v) is 4.06. The molecule has 0 aliphatic carbocycles. The van der Waals surface area contributed by atoms with E-state index in [9.17, 15) is 4.79 Å². The zero-order chi connectivity index (χ0) is 12.4. The molecular weight excluding hydrogens is 322 g/mol. The summed E-state index contributed by atoms with van der Waals surface area (Å²) in [5.41, 5.74) is 0.839. The van der Waals surface area contributed by atoms with Crippen LogP contribution in [-0.4, -0.2) is 10.8 Å². The molecular formula is C12H9BrClNOS. The number of aryl methyl sites for hydroxylation is 1. The van der Waals surface area contributed by atoms with Gasteiger partial charge in [-0.1, -0.05) is 33.6 Å². The van der Waals surface area contributed by atoms with Crippen molar-refractivity contribution in [3.63, 3.8) is 0 Å². The SMILES string of the molecule is Cc1ncc(C(=O)Cc2ccc(Br)cc2Cl)s1. The first-order valence-electron chi connectivity index (χ1n) is 4.96. The first-order chi connectivity index (χ1) is 8.06. The van der Waals surface area contributed by atoms with E-state index in [0.29, 0.717) is 16.3 Å². The van der Waals surface area contributed by atoms with Gasteiger partial charge in [0.25, 0.3) is 0 Å². The number of hydrogen-bond acceptors (Lipinski definition) is 3. The molecule has 0 atom stereocenters. The number of Topliss-reactive ketones (excluding diaryl/α,β-unsaturated/α-hetero) is 1. The average Bonchev–Trinajstić information content (AvgIpc) is 2.69. The summed E-state index contributed by atoms with van der Waals surface area (Å²) >= 11 is 10.8. The zero-order valence-electron chi connectivity index (χ0n) is 9.04. The summed E-state index contributed by atoms with van der Waals surface area (Å²) in [5, 5.41) is 1.50. The van der Waals surface area contributed by atoms with Gasteiger partial charge in [-0.25, -0.2) is 4.98 Å². The molecule has 0 fully saturated rings. The minimum absolute atomic E-state index is 0.0554. The lowest BCUT2D eigenvalue weighted by molar-refractivity contribution is 0.0996. The second-order valence-corrected chi connectivity index (χ2v) is 6.14. The quantitative estimate of drug-likeness (QED) is 0.786. The number of benzene rings is 1. The fourth-order valence-electron chi connectivity index (χ4n) is 1.42. The molecule has 0 amide bonds. The van der Waals surface area contributed by atoms with Crippen LogP contribution in [0.3, 0.4) is 0 Å². The van der Waals surface area contributed by atoms with Crippen molar-refractivity contribution in [3.05, 3.63) is 49.3 Å².